The van der Waals surface area contributed by atoms with E-state index in [4.69, 9.17) is 9.97 Å². The highest BCUT2D eigenvalue weighted by Crippen LogP contribution is 2.43. The van der Waals surface area contributed by atoms with Gasteiger partial charge in [-0.25, -0.2) is 9.97 Å². The second-order valence-corrected chi connectivity index (χ2v) is 14.1. The molecular formula is C52H37N5. The molecule has 0 atom stereocenters. The number of hydrogen-bond donors (Lipinski definition) is 0. The number of aromatic nitrogens is 4. The minimum Gasteiger partial charge on any atom is -0.309 e. The SMILES string of the molecule is C=Nc1c(/C=C\C)n(-c2cccc(-c3nc(-c4ccccc4)cc(-c4ccccc4)n3)c2)c2ccc(-c3cccc4c5ccccc5n(-c5ccccc5)c34)cc12. The maximum Gasteiger partial charge on any atom is 0.160 e. The summed E-state index contributed by atoms with van der Waals surface area (Å²) in [4.78, 5) is 14.9. The lowest BCUT2D eigenvalue weighted by Gasteiger charge is -2.13. The van der Waals surface area contributed by atoms with Crippen molar-refractivity contribution in [1.29, 1.82) is 0 Å². The van der Waals surface area contributed by atoms with Crippen molar-refractivity contribution in [3.63, 3.8) is 0 Å². The Morgan fingerprint density at radius 1 is 0.491 bits per heavy atom. The second-order valence-electron chi connectivity index (χ2n) is 14.1. The van der Waals surface area contributed by atoms with Crippen molar-refractivity contribution in [1.82, 2.24) is 19.1 Å². The molecule has 0 aliphatic rings. The van der Waals surface area contributed by atoms with Crippen LogP contribution in [0.3, 0.4) is 0 Å². The van der Waals surface area contributed by atoms with Crippen molar-refractivity contribution in [2.75, 3.05) is 0 Å². The Labute approximate surface area is 331 Å². The molecule has 3 aromatic heterocycles. The van der Waals surface area contributed by atoms with Gasteiger partial charge in [0.15, 0.2) is 5.82 Å². The molecule has 0 fully saturated rings. The quantitative estimate of drug-likeness (QED) is 0.146. The van der Waals surface area contributed by atoms with Gasteiger partial charge >= 0.3 is 0 Å². The minimum atomic E-state index is 0.660. The average Bonchev–Trinajstić information content (AvgIpc) is 3.79. The topological polar surface area (TPSA) is 48.0 Å². The van der Waals surface area contributed by atoms with Crippen molar-refractivity contribution in [2.45, 2.75) is 6.92 Å². The Bertz CT molecular complexity index is 3080. The van der Waals surface area contributed by atoms with Crippen LogP contribution in [-0.4, -0.2) is 25.8 Å². The molecule has 0 saturated heterocycles. The first-order chi connectivity index (χ1) is 28.2. The van der Waals surface area contributed by atoms with E-state index in [2.05, 4.69) is 179 Å². The lowest BCUT2D eigenvalue weighted by atomic mass is 10.00. The standard InChI is InChI=1S/C52H37N5/c1-3-17-49-50(53-2)44-33-37(41-27-16-28-43-42-26-13-14-29-47(42)57(51(41)43)39-23-11-6-12-24-39)30-31-48(44)56(49)40-25-15-22-38(32-40)52-54-45(35-18-7-4-8-19-35)34-46(55-52)36-20-9-5-10-21-36/h3-34H,2H2,1H3/b17-3-. The van der Waals surface area contributed by atoms with E-state index in [1.807, 2.05) is 43.3 Å². The van der Waals surface area contributed by atoms with Crippen LogP contribution < -0.4 is 0 Å². The summed E-state index contributed by atoms with van der Waals surface area (Å²) in [6.07, 6.45) is 4.17. The van der Waals surface area contributed by atoms with Gasteiger partial charge in [-0.3, -0.25) is 4.99 Å². The van der Waals surface area contributed by atoms with E-state index in [1.165, 1.54) is 21.8 Å². The van der Waals surface area contributed by atoms with Gasteiger partial charge in [0.2, 0.25) is 0 Å². The van der Waals surface area contributed by atoms with Crippen molar-refractivity contribution >= 4 is 51.2 Å². The number of para-hydroxylation sites is 3. The normalized spacial score (nSPS) is 11.6. The molecule has 0 aliphatic heterocycles. The molecular weight excluding hydrogens is 695 g/mol. The summed E-state index contributed by atoms with van der Waals surface area (Å²) >= 11 is 0. The fourth-order valence-electron chi connectivity index (χ4n) is 8.19. The molecule has 0 spiro atoms. The monoisotopic (exact) mass is 731 g/mol. The third kappa shape index (κ3) is 5.85. The maximum absolute atomic E-state index is 5.13. The highest BCUT2D eigenvalue weighted by Gasteiger charge is 2.21. The van der Waals surface area contributed by atoms with Gasteiger partial charge in [0.25, 0.3) is 0 Å². The Balaban J connectivity index is 1.16. The lowest BCUT2D eigenvalue weighted by Crippen LogP contribution is -1.99. The van der Waals surface area contributed by atoms with Gasteiger partial charge in [-0.1, -0.05) is 140 Å². The fraction of sp³-hybridized carbons (Fsp3) is 0.0192. The van der Waals surface area contributed by atoms with Crippen molar-refractivity contribution in [3.8, 4) is 56.4 Å². The molecule has 3 heterocycles. The molecule has 5 nitrogen and oxygen atoms in total. The van der Waals surface area contributed by atoms with E-state index in [0.717, 1.165) is 72.9 Å². The fourth-order valence-corrected chi connectivity index (χ4v) is 8.19. The summed E-state index contributed by atoms with van der Waals surface area (Å²) < 4.78 is 4.66. The van der Waals surface area contributed by atoms with Gasteiger partial charge in [-0.15, -0.1) is 0 Å². The summed E-state index contributed by atoms with van der Waals surface area (Å²) in [5.74, 6) is 0.660. The maximum atomic E-state index is 5.13. The molecule has 10 aromatic rings. The zero-order valence-corrected chi connectivity index (χ0v) is 31.4. The van der Waals surface area contributed by atoms with Gasteiger partial charge in [-0.2, -0.15) is 0 Å². The highest BCUT2D eigenvalue weighted by molar-refractivity contribution is 6.14. The third-order valence-corrected chi connectivity index (χ3v) is 10.7. The summed E-state index contributed by atoms with van der Waals surface area (Å²) in [6.45, 7) is 6.12. The van der Waals surface area contributed by atoms with Gasteiger partial charge in [0, 0.05) is 49.8 Å². The average molecular weight is 732 g/mol. The second kappa shape index (κ2) is 14.2. The molecule has 5 heteroatoms. The molecule has 0 aliphatic carbocycles. The van der Waals surface area contributed by atoms with Crippen molar-refractivity contribution < 1.29 is 0 Å². The first-order valence-corrected chi connectivity index (χ1v) is 19.2. The van der Waals surface area contributed by atoms with Crippen LogP contribution >= 0.6 is 0 Å². The van der Waals surface area contributed by atoms with E-state index in [1.54, 1.807) is 0 Å². The van der Waals surface area contributed by atoms with Crippen LogP contribution in [0.4, 0.5) is 5.69 Å². The summed E-state index contributed by atoms with van der Waals surface area (Å²) in [7, 11) is 0. The Kier molecular flexibility index (Phi) is 8.46. The number of benzene rings is 7. The predicted molar refractivity (Wildman–Crippen MR) is 239 cm³/mol. The summed E-state index contributed by atoms with van der Waals surface area (Å²) in [6, 6.07) is 63.7. The van der Waals surface area contributed by atoms with Crippen LogP contribution in [0.25, 0.3) is 95.2 Å². The Morgan fingerprint density at radius 2 is 1.09 bits per heavy atom. The number of allylic oxidation sites excluding steroid dienone is 1. The van der Waals surface area contributed by atoms with Gasteiger partial charge in [0.05, 0.1) is 39.3 Å². The summed E-state index contributed by atoms with van der Waals surface area (Å²) in [5.41, 5.74) is 14.3. The number of rotatable bonds is 8. The first kappa shape index (κ1) is 33.9. The Morgan fingerprint density at radius 3 is 1.79 bits per heavy atom. The molecule has 0 unspecified atom stereocenters. The zero-order chi connectivity index (χ0) is 38.3. The van der Waals surface area contributed by atoms with Crippen LogP contribution in [0.2, 0.25) is 0 Å². The number of hydrogen-bond acceptors (Lipinski definition) is 3. The van der Waals surface area contributed by atoms with Crippen LogP contribution in [0, 0.1) is 0 Å². The molecule has 0 N–H and O–H groups in total. The van der Waals surface area contributed by atoms with Gasteiger partial charge in [-0.05, 0) is 73.8 Å². The highest BCUT2D eigenvalue weighted by atomic mass is 15.0. The molecule has 0 saturated carbocycles. The molecule has 270 valence electrons. The van der Waals surface area contributed by atoms with Gasteiger partial charge in [0.1, 0.15) is 0 Å². The molecule has 0 bridgehead atoms. The molecule has 0 amide bonds. The predicted octanol–water partition coefficient (Wildman–Crippen LogP) is 13.6. The lowest BCUT2D eigenvalue weighted by molar-refractivity contribution is 1.10. The summed E-state index contributed by atoms with van der Waals surface area (Å²) in [5, 5.41) is 3.46. The zero-order valence-electron chi connectivity index (χ0n) is 31.4. The number of nitrogens with zero attached hydrogens (tertiary/aromatic N) is 5. The minimum absolute atomic E-state index is 0.660. The van der Waals surface area contributed by atoms with E-state index >= 15 is 0 Å². The molecule has 7 aromatic carbocycles. The molecule has 10 rings (SSSR count). The molecule has 0 radical (unpaired) electrons. The van der Waals surface area contributed by atoms with E-state index in [0.29, 0.717) is 5.82 Å². The van der Waals surface area contributed by atoms with Crippen molar-refractivity contribution in [3.05, 3.63) is 194 Å². The van der Waals surface area contributed by atoms with Crippen LogP contribution in [0.1, 0.15) is 12.6 Å². The van der Waals surface area contributed by atoms with E-state index < -0.39 is 0 Å². The molecule has 57 heavy (non-hydrogen) atoms. The Hall–Kier alpha value is -7.63. The number of fused-ring (bicyclic) bond motifs is 4. The largest absolute Gasteiger partial charge is 0.309 e. The van der Waals surface area contributed by atoms with Crippen LogP contribution in [0.5, 0.6) is 0 Å². The van der Waals surface area contributed by atoms with Gasteiger partial charge < -0.3 is 9.13 Å². The smallest absolute Gasteiger partial charge is 0.160 e. The van der Waals surface area contributed by atoms with E-state index in [-0.39, 0.29) is 0 Å². The van der Waals surface area contributed by atoms with Crippen molar-refractivity contribution in [2.24, 2.45) is 4.99 Å². The first-order valence-electron chi connectivity index (χ1n) is 19.2. The van der Waals surface area contributed by atoms with E-state index in [9.17, 15) is 0 Å². The van der Waals surface area contributed by atoms with Crippen LogP contribution in [-0.2, 0) is 0 Å². The number of aliphatic imine (C=N–C) groups is 1. The third-order valence-electron chi connectivity index (χ3n) is 10.7. The van der Waals surface area contributed by atoms with Crippen LogP contribution in [0.15, 0.2) is 193 Å².